The van der Waals surface area contributed by atoms with Crippen molar-refractivity contribution in [2.45, 2.75) is 32.3 Å². The Morgan fingerprint density at radius 3 is 2.63 bits per heavy atom. The molecule has 1 atom stereocenters. The highest BCUT2D eigenvalue weighted by atomic mass is 16.5. The zero-order valence-corrected chi connectivity index (χ0v) is 15.8. The predicted molar refractivity (Wildman–Crippen MR) is 109 cm³/mol. The summed E-state index contributed by atoms with van der Waals surface area (Å²) in [5, 5.41) is 2.39. The Hall–Kier alpha value is -2.88. The number of hydrogen-bond acceptors (Lipinski definition) is 4. The number of fused-ring (bicyclic) bond motifs is 1. The molecule has 4 nitrogen and oxygen atoms in total. The minimum absolute atomic E-state index is 0.172. The van der Waals surface area contributed by atoms with Crippen molar-refractivity contribution in [3.8, 4) is 5.75 Å². The van der Waals surface area contributed by atoms with Gasteiger partial charge in [0, 0.05) is 18.0 Å². The number of aromatic nitrogens is 1. The lowest BCUT2D eigenvalue weighted by Crippen LogP contribution is -2.54. The van der Waals surface area contributed by atoms with Crippen LogP contribution >= 0.6 is 0 Å². The number of hydrogen-bond donors (Lipinski definition) is 0. The Kier molecular flexibility index (Phi) is 4.80. The Balaban J connectivity index is 1.37. The summed E-state index contributed by atoms with van der Waals surface area (Å²) in [5.41, 5.74) is 1.17. The van der Waals surface area contributed by atoms with Crippen LogP contribution in [0.5, 0.6) is 5.75 Å². The molecule has 0 radical (unpaired) electrons. The quantitative estimate of drug-likeness (QED) is 0.645. The van der Waals surface area contributed by atoms with Crippen molar-refractivity contribution in [2.75, 3.05) is 18.0 Å². The monoisotopic (exact) mass is 360 g/mol. The third-order valence-electron chi connectivity index (χ3n) is 5.15. The van der Waals surface area contributed by atoms with Crippen molar-refractivity contribution in [1.29, 1.82) is 0 Å². The molecule has 0 saturated carbocycles. The molecular weight excluding hydrogens is 336 g/mol. The van der Waals surface area contributed by atoms with E-state index in [1.165, 1.54) is 16.3 Å². The van der Waals surface area contributed by atoms with Gasteiger partial charge in [0.15, 0.2) is 0 Å². The number of Topliss-reactive ketones (excluding diaryl/α,β-unsaturated/α-hetero) is 1. The lowest BCUT2D eigenvalue weighted by Gasteiger charge is -2.40. The maximum Gasteiger partial charge on any atom is 0.136 e. The number of ether oxygens (including phenoxy) is 1. The van der Waals surface area contributed by atoms with Crippen LogP contribution in [0.25, 0.3) is 10.8 Å². The predicted octanol–water partition coefficient (Wildman–Crippen LogP) is 4.59. The molecule has 1 aliphatic rings. The first kappa shape index (κ1) is 17.5. The highest BCUT2D eigenvalue weighted by Crippen LogP contribution is 2.29. The number of carbonyl (C=O) groups excluding carboxylic acids is 1. The lowest BCUT2D eigenvalue weighted by atomic mass is 9.96. The summed E-state index contributed by atoms with van der Waals surface area (Å²) in [6.07, 6.45) is 2.62. The minimum Gasteiger partial charge on any atom is -0.487 e. The minimum atomic E-state index is 0.172. The Morgan fingerprint density at radius 1 is 1.15 bits per heavy atom. The standard InChI is InChI=1S/C23H24N2O2/c1-16(13-17(2)26)18-7-9-20(10-8-18)27-21-14-25(15-21)23-22-6-4-3-5-19(22)11-12-24-23/h3-12,16,21H,13-15H2,1-2H3/t16-/m1/s1. The summed E-state index contributed by atoms with van der Waals surface area (Å²) in [6, 6.07) is 18.5. The third-order valence-corrected chi connectivity index (χ3v) is 5.15. The molecule has 1 aliphatic heterocycles. The van der Waals surface area contributed by atoms with Crippen LogP contribution in [-0.4, -0.2) is 30.0 Å². The summed E-state index contributed by atoms with van der Waals surface area (Å²) in [7, 11) is 0. The Bertz CT molecular complexity index is 941. The van der Waals surface area contributed by atoms with E-state index >= 15 is 0 Å². The molecule has 0 bridgehead atoms. The van der Waals surface area contributed by atoms with Crippen LogP contribution in [0, 0.1) is 0 Å². The van der Waals surface area contributed by atoms with Crippen LogP contribution in [0.15, 0.2) is 60.8 Å². The van der Waals surface area contributed by atoms with Crippen molar-refractivity contribution in [1.82, 2.24) is 4.98 Å². The molecule has 2 heterocycles. The highest BCUT2D eigenvalue weighted by molar-refractivity contribution is 5.92. The molecule has 0 N–H and O–H groups in total. The van der Waals surface area contributed by atoms with Gasteiger partial charge in [-0.25, -0.2) is 4.98 Å². The van der Waals surface area contributed by atoms with Gasteiger partial charge in [-0.2, -0.15) is 0 Å². The second-order valence-corrected chi connectivity index (χ2v) is 7.38. The van der Waals surface area contributed by atoms with Gasteiger partial charge in [-0.1, -0.05) is 43.3 Å². The summed E-state index contributed by atoms with van der Waals surface area (Å²) >= 11 is 0. The van der Waals surface area contributed by atoms with Gasteiger partial charge >= 0.3 is 0 Å². The van der Waals surface area contributed by atoms with Crippen LogP contribution in [0.1, 0.15) is 31.7 Å². The highest BCUT2D eigenvalue weighted by Gasteiger charge is 2.30. The number of carbonyl (C=O) groups is 1. The first-order valence-electron chi connectivity index (χ1n) is 9.45. The SMILES string of the molecule is CC(=O)C[C@@H](C)c1ccc(OC2CN(c3nccc4ccccc34)C2)cc1. The molecule has 138 valence electrons. The summed E-state index contributed by atoms with van der Waals surface area (Å²) < 4.78 is 6.09. The molecule has 0 spiro atoms. The van der Waals surface area contributed by atoms with Gasteiger partial charge < -0.3 is 14.4 Å². The topological polar surface area (TPSA) is 42.4 Å². The molecule has 1 aromatic heterocycles. The number of ketones is 1. The first-order valence-corrected chi connectivity index (χ1v) is 9.45. The number of anilines is 1. The molecule has 0 amide bonds. The zero-order valence-electron chi connectivity index (χ0n) is 15.8. The van der Waals surface area contributed by atoms with E-state index in [-0.39, 0.29) is 17.8 Å². The molecule has 4 heteroatoms. The van der Waals surface area contributed by atoms with Gasteiger partial charge in [0.1, 0.15) is 23.5 Å². The molecule has 1 saturated heterocycles. The van der Waals surface area contributed by atoms with E-state index in [2.05, 4.69) is 53.2 Å². The van der Waals surface area contributed by atoms with Gasteiger partial charge in [0.2, 0.25) is 0 Å². The summed E-state index contributed by atoms with van der Waals surface area (Å²) in [6.45, 7) is 5.40. The second kappa shape index (κ2) is 7.39. The van der Waals surface area contributed by atoms with E-state index in [9.17, 15) is 4.79 Å². The van der Waals surface area contributed by atoms with E-state index in [1.807, 2.05) is 24.4 Å². The molecule has 0 unspecified atom stereocenters. The molecule has 3 aromatic rings. The Labute approximate surface area is 159 Å². The van der Waals surface area contributed by atoms with E-state index in [0.717, 1.165) is 24.7 Å². The van der Waals surface area contributed by atoms with E-state index in [0.29, 0.717) is 6.42 Å². The fourth-order valence-electron chi connectivity index (χ4n) is 3.66. The van der Waals surface area contributed by atoms with E-state index in [4.69, 9.17) is 4.74 Å². The molecule has 2 aromatic carbocycles. The molecular formula is C23H24N2O2. The van der Waals surface area contributed by atoms with Gasteiger partial charge in [0.05, 0.1) is 13.1 Å². The van der Waals surface area contributed by atoms with Crippen molar-refractivity contribution in [2.24, 2.45) is 0 Å². The van der Waals surface area contributed by atoms with E-state index in [1.54, 1.807) is 6.92 Å². The lowest BCUT2D eigenvalue weighted by molar-refractivity contribution is -0.117. The summed E-state index contributed by atoms with van der Waals surface area (Å²) in [4.78, 5) is 18.1. The number of nitrogens with zero attached hydrogens (tertiary/aromatic N) is 2. The van der Waals surface area contributed by atoms with E-state index < -0.39 is 0 Å². The normalized spacial score (nSPS) is 15.4. The van der Waals surface area contributed by atoms with Crippen LogP contribution < -0.4 is 9.64 Å². The first-order chi connectivity index (χ1) is 13.1. The van der Waals surface area contributed by atoms with Crippen molar-refractivity contribution in [3.63, 3.8) is 0 Å². The molecule has 0 aliphatic carbocycles. The molecule has 27 heavy (non-hydrogen) atoms. The largest absolute Gasteiger partial charge is 0.487 e. The maximum absolute atomic E-state index is 11.3. The van der Waals surface area contributed by atoms with Crippen LogP contribution in [0.4, 0.5) is 5.82 Å². The van der Waals surface area contributed by atoms with Crippen LogP contribution in [0.2, 0.25) is 0 Å². The maximum atomic E-state index is 11.3. The van der Waals surface area contributed by atoms with Gasteiger partial charge in [0.25, 0.3) is 0 Å². The Morgan fingerprint density at radius 2 is 1.89 bits per heavy atom. The smallest absolute Gasteiger partial charge is 0.136 e. The van der Waals surface area contributed by atoms with Gasteiger partial charge in [-0.3, -0.25) is 0 Å². The fraction of sp³-hybridized carbons (Fsp3) is 0.304. The van der Waals surface area contributed by atoms with Crippen molar-refractivity contribution >= 4 is 22.4 Å². The fourth-order valence-corrected chi connectivity index (χ4v) is 3.66. The summed E-state index contributed by atoms with van der Waals surface area (Å²) in [5.74, 6) is 2.37. The molecule has 1 fully saturated rings. The van der Waals surface area contributed by atoms with Crippen LogP contribution in [0.3, 0.4) is 0 Å². The second-order valence-electron chi connectivity index (χ2n) is 7.38. The average Bonchev–Trinajstić information content (AvgIpc) is 2.64. The number of benzene rings is 2. The zero-order chi connectivity index (χ0) is 18.8. The average molecular weight is 360 g/mol. The van der Waals surface area contributed by atoms with Crippen LogP contribution in [-0.2, 0) is 4.79 Å². The third kappa shape index (κ3) is 3.80. The van der Waals surface area contributed by atoms with Gasteiger partial charge in [-0.15, -0.1) is 0 Å². The van der Waals surface area contributed by atoms with Gasteiger partial charge in [-0.05, 0) is 42.0 Å². The molecule has 4 rings (SSSR count). The van der Waals surface area contributed by atoms with Crippen molar-refractivity contribution < 1.29 is 9.53 Å². The van der Waals surface area contributed by atoms with Crippen molar-refractivity contribution in [3.05, 3.63) is 66.4 Å². The number of rotatable bonds is 6. The number of pyridine rings is 1.